The van der Waals surface area contributed by atoms with Gasteiger partial charge in [0.25, 0.3) is 0 Å². The van der Waals surface area contributed by atoms with Gasteiger partial charge in [-0.1, -0.05) is 18.2 Å². The molecular weight excluding hydrogens is 294 g/mol. The molecule has 0 N–H and O–H groups in total. The lowest BCUT2D eigenvalue weighted by atomic mass is 9.93. The number of hydrogen-bond donors (Lipinski definition) is 0. The van der Waals surface area contributed by atoms with Gasteiger partial charge in [-0.05, 0) is 39.7 Å². The van der Waals surface area contributed by atoms with Crippen molar-refractivity contribution in [1.82, 2.24) is 4.90 Å². The van der Waals surface area contributed by atoms with Crippen LogP contribution in [0.3, 0.4) is 0 Å². The van der Waals surface area contributed by atoms with Gasteiger partial charge in [-0.15, -0.1) is 0 Å². The largest absolute Gasteiger partial charge is 0.496 e. The molecule has 2 atom stereocenters. The normalized spacial score (nSPS) is 21.9. The van der Waals surface area contributed by atoms with Crippen LogP contribution in [0.15, 0.2) is 24.3 Å². The predicted molar refractivity (Wildman–Crippen MR) is 88.7 cm³/mol. The summed E-state index contributed by atoms with van der Waals surface area (Å²) in [6, 6.07) is 7.69. The van der Waals surface area contributed by atoms with Gasteiger partial charge in [-0.3, -0.25) is 0 Å². The molecule has 0 saturated carbocycles. The molecule has 1 amide bonds. The lowest BCUT2D eigenvalue weighted by Crippen LogP contribution is -2.45. The van der Waals surface area contributed by atoms with E-state index < -0.39 is 5.60 Å². The Hall–Kier alpha value is -1.75. The van der Waals surface area contributed by atoms with Crippen LogP contribution in [0.2, 0.25) is 0 Å². The summed E-state index contributed by atoms with van der Waals surface area (Å²) in [6.07, 6.45) is 1.38. The van der Waals surface area contributed by atoms with Gasteiger partial charge < -0.3 is 19.1 Å². The zero-order chi connectivity index (χ0) is 17.0. The molecule has 128 valence electrons. The molecule has 5 heteroatoms. The minimum Gasteiger partial charge on any atom is -0.496 e. The Morgan fingerprint density at radius 3 is 2.52 bits per heavy atom. The average Bonchev–Trinajstić information content (AvgIpc) is 2.52. The van der Waals surface area contributed by atoms with Crippen molar-refractivity contribution in [2.24, 2.45) is 0 Å². The molecule has 2 rings (SSSR count). The van der Waals surface area contributed by atoms with E-state index in [9.17, 15) is 4.79 Å². The number of amides is 1. The Bertz CT molecular complexity index is 538. The van der Waals surface area contributed by atoms with Crippen molar-refractivity contribution in [3.05, 3.63) is 29.8 Å². The molecule has 1 fully saturated rings. The molecule has 0 aliphatic carbocycles. The van der Waals surface area contributed by atoms with Crippen LogP contribution >= 0.6 is 0 Å². The fourth-order valence-corrected chi connectivity index (χ4v) is 2.92. The minimum absolute atomic E-state index is 0.111. The Morgan fingerprint density at radius 1 is 1.22 bits per heavy atom. The van der Waals surface area contributed by atoms with Crippen LogP contribution in [0.4, 0.5) is 4.79 Å². The summed E-state index contributed by atoms with van der Waals surface area (Å²) in [5.41, 5.74) is 0.475. The zero-order valence-corrected chi connectivity index (χ0v) is 14.7. The van der Waals surface area contributed by atoms with Crippen molar-refractivity contribution >= 4 is 6.09 Å². The van der Waals surface area contributed by atoms with E-state index in [4.69, 9.17) is 14.2 Å². The molecule has 1 aromatic rings. The number of nitrogens with zero attached hydrogens (tertiary/aromatic N) is 1. The monoisotopic (exact) mass is 321 g/mol. The summed E-state index contributed by atoms with van der Waals surface area (Å²) in [6.45, 7) is 6.25. The third-order valence-corrected chi connectivity index (χ3v) is 4.01. The third kappa shape index (κ3) is 4.38. The van der Waals surface area contributed by atoms with E-state index >= 15 is 0 Å². The molecule has 0 radical (unpaired) electrons. The lowest BCUT2D eigenvalue weighted by molar-refractivity contribution is -0.0189. The molecule has 1 heterocycles. The van der Waals surface area contributed by atoms with Crippen LogP contribution in [0.1, 0.15) is 45.2 Å². The van der Waals surface area contributed by atoms with E-state index in [1.54, 1.807) is 19.1 Å². The Labute approximate surface area is 138 Å². The molecule has 1 aliphatic rings. The topological polar surface area (TPSA) is 48.0 Å². The number of piperidine rings is 1. The molecule has 23 heavy (non-hydrogen) atoms. The molecule has 1 aromatic carbocycles. The number of ether oxygens (including phenoxy) is 3. The van der Waals surface area contributed by atoms with Crippen LogP contribution in [-0.4, -0.2) is 43.5 Å². The number of carbonyl (C=O) groups is 1. The first-order chi connectivity index (χ1) is 10.9. The van der Waals surface area contributed by atoms with Gasteiger partial charge in [0.05, 0.1) is 19.3 Å². The first kappa shape index (κ1) is 17.6. The number of carbonyl (C=O) groups excluding carboxylic acids is 1. The second-order valence-electron chi connectivity index (χ2n) is 6.81. The van der Waals surface area contributed by atoms with Gasteiger partial charge in [0.15, 0.2) is 0 Å². The van der Waals surface area contributed by atoms with Crippen molar-refractivity contribution in [2.45, 2.75) is 51.4 Å². The number of hydrogen-bond acceptors (Lipinski definition) is 4. The van der Waals surface area contributed by atoms with Crippen LogP contribution in [0.5, 0.6) is 5.75 Å². The Balaban J connectivity index is 2.30. The third-order valence-electron chi connectivity index (χ3n) is 4.01. The molecular formula is C18H27NO4. The maximum atomic E-state index is 12.6. The summed E-state index contributed by atoms with van der Waals surface area (Å²) in [5.74, 6) is 0.780. The van der Waals surface area contributed by atoms with E-state index in [2.05, 4.69) is 0 Å². The maximum Gasteiger partial charge on any atom is 0.410 e. The fraction of sp³-hybridized carbons (Fsp3) is 0.611. The molecule has 5 nitrogen and oxygen atoms in total. The highest BCUT2D eigenvalue weighted by Gasteiger charge is 2.36. The van der Waals surface area contributed by atoms with E-state index in [0.29, 0.717) is 6.54 Å². The van der Waals surface area contributed by atoms with E-state index in [-0.39, 0.29) is 18.2 Å². The summed E-state index contributed by atoms with van der Waals surface area (Å²) < 4.78 is 16.6. The number of rotatable bonds is 3. The molecule has 1 saturated heterocycles. The van der Waals surface area contributed by atoms with E-state index in [1.165, 1.54) is 0 Å². The van der Waals surface area contributed by atoms with Gasteiger partial charge in [-0.2, -0.15) is 0 Å². The molecule has 0 aromatic heterocycles. The summed E-state index contributed by atoms with van der Waals surface area (Å²) in [5, 5.41) is 0. The first-order valence-corrected chi connectivity index (χ1v) is 8.01. The van der Waals surface area contributed by atoms with Crippen molar-refractivity contribution < 1.29 is 19.0 Å². The standard InChI is InChI=1S/C18H27NO4/c1-18(2,3)23-17(20)19-11-10-13(21-4)12-15(19)14-8-6-7-9-16(14)22-5/h6-9,13,15H,10-12H2,1-5H3. The van der Waals surface area contributed by atoms with Gasteiger partial charge in [-0.25, -0.2) is 4.79 Å². The van der Waals surface area contributed by atoms with Crippen molar-refractivity contribution in [3.63, 3.8) is 0 Å². The second kappa shape index (κ2) is 7.21. The quantitative estimate of drug-likeness (QED) is 0.850. The van der Waals surface area contributed by atoms with Crippen molar-refractivity contribution in [3.8, 4) is 5.75 Å². The van der Waals surface area contributed by atoms with Gasteiger partial charge in [0.2, 0.25) is 0 Å². The number of likely N-dealkylation sites (tertiary alicyclic amines) is 1. The number of para-hydroxylation sites is 1. The molecule has 1 aliphatic heterocycles. The van der Waals surface area contributed by atoms with E-state index in [0.717, 1.165) is 24.2 Å². The lowest BCUT2D eigenvalue weighted by Gasteiger charge is -2.40. The minimum atomic E-state index is -0.513. The number of benzene rings is 1. The van der Waals surface area contributed by atoms with Crippen LogP contribution < -0.4 is 4.74 Å². The van der Waals surface area contributed by atoms with Crippen molar-refractivity contribution in [1.29, 1.82) is 0 Å². The number of methoxy groups -OCH3 is 2. The predicted octanol–water partition coefficient (Wildman–Crippen LogP) is 3.78. The average molecular weight is 321 g/mol. The van der Waals surface area contributed by atoms with Gasteiger partial charge in [0.1, 0.15) is 11.4 Å². The first-order valence-electron chi connectivity index (χ1n) is 8.01. The summed E-state index contributed by atoms with van der Waals surface area (Å²) in [4.78, 5) is 14.4. The molecule has 2 unspecified atom stereocenters. The van der Waals surface area contributed by atoms with Crippen LogP contribution in [-0.2, 0) is 9.47 Å². The molecule has 0 spiro atoms. The Kier molecular flexibility index (Phi) is 5.52. The maximum absolute atomic E-state index is 12.6. The van der Waals surface area contributed by atoms with E-state index in [1.807, 2.05) is 45.0 Å². The highest BCUT2D eigenvalue weighted by molar-refractivity contribution is 5.69. The SMILES string of the molecule is COc1ccccc1C1CC(OC)CCN1C(=O)OC(C)(C)C. The van der Waals surface area contributed by atoms with Crippen molar-refractivity contribution in [2.75, 3.05) is 20.8 Å². The summed E-state index contributed by atoms with van der Waals surface area (Å²) >= 11 is 0. The summed E-state index contributed by atoms with van der Waals surface area (Å²) in [7, 11) is 3.36. The highest BCUT2D eigenvalue weighted by Crippen LogP contribution is 2.37. The fourth-order valence-electron chi connectivity index (χ4n) is 2.92. The smallest absolute Gasteiger partial charge is 0.410 e. The van der Waals surface area contributed by atoms with Gasteiger partial charge >= 0.3 is 6.09 Å². The Morgan fingerprint density at radius 2 is 1.91 bits per heavy atom. The van der Waals surface area contributed by atoms with Crippen LogP contribution in [0.25, 0.3) is 0 Å². The molecule has 0 bridgehead atoms. The second-order valence-corrected chi connectivity index (χ2v) is 6.81. The zero-order valence-electron chi connectivity index (χ0n) is 14.7. The van der Waals surface area contributed by atoms with Gasteiger partial charge in [0, 0.05) is 19.2 Å². The van der Waals surface area contributed by atoms with Crippen LogP contribution in [0, 0.1) is 0 Å². The highest BCUT2D eigenvalue weighted by atomic mass is 16.6.